The highest BCUT2D eigenvalue weighted by Gasteiger charge is 2.33. The molecule has 2 rings (SSSR count). The molecule has 0 bridgehead atoms. The number of amides is 1. The third-order valence-corrected chi connectivity index (χ3v) is 2.65. The number of rotatable bonds is 3. The van der Waals surface area contributed by atoms with E-state index in [2.05, 4.69) is 5.32 Å². The number of halogens is 3. The van der Waals surface area contributed by atoms with Gasteiger partial charge in [-0.3, -0.25) is 4.79 Å². The van der Waals surface area contributed by atoms with Crippen molar-refractivity contribution >= 4 is 17.7 Å². The summed E-state index contributed by atoms with van der Waals surface area (Å²) in [5.74, 6) is 0.463. The van der Waals surface area contributed by atoms with Crippen LogP contribution in [0.15, 0.2) is 46.9 Å². The Morgan fingerprint density at radius 2 is 1.90 bits per heavy atom. The first-order valence-electron chi connectivity index (χ1n) is 6.08. The number of hydrogen-bond donors (Lipinski definition) is 1. The predicted octanol–water partition coefficient (Wildman–Crippen LogP) is 4.26. The molecule has 0 unspecified atom stereocenters. The van der Waals surface area contributed by atoms with Crippen molar-refractivity contribution in [2.45, 2.75) is 13.1 Å². The quantitative estimate of drug-likeness (QED) is 0.860. The number of carbonyl (C=O) groups is 1. The van der Waals surface area contributed by atoms with Crippen LogP contribution < -0.4 is 5.32 Å². The summed E-state index contributed by atoms with van der Waals surface area (Å²) in [7, 11) is 0. The fourth-order valence-electron chi connectivity index (χ4n) is 1.71. The molecule has 1 aromatic carbocycles. The summed E-state index contributed by atoms with van der Waals surface area (Å²) in [6, 6.07) is 8.17. The topological polar surface area (TPSA) is 42.2 Å². The lowest BCUT2D eigenvalue weighted by Gasteiger charge is -2.12. The van der Waals surface area contributed by atoms with E-state index in [1.54, 1.807) is 19.1 Å². The lowest BCUT2D eigenvalue weighted by molar-refractivity contribution is -0.136. The number of benzene rings is 1. The van der Waals surface area contributed by atoms with Gasteiger partial charge in [0.05, 0.1) is 11.3 Å². The third-order valence-electron chi connectivity index (χ3n) is 2.65. The van der Waals surface area contributed by atoms with E-state index in [-0.39, 0.29) is 5.69 Å². The molecule has 0 aliphatic carbocycles. The van der Waals surface area contributed by atoms with E-state index in [1.165, 1.54) is 24.3 Å². The molecule has 6 heteroatoms. The number of aryl methyl sites for hydroxylation is 1. The van der Waals surface area contributed by atoms with Crippen LogP contribution in [0.1, 0.15) is 17.1 Å². The second-order valence-electron chi connectivity index (χ2n) is 4.31. The summed E-state index contributed by atoms with van der Waals surface area (Å²) in [4.78, 5) is 11.7. The molecule has 0 saturated heterocycles. The molecule has 0 fully saturated rings. The minimum absolute atomic E-state index is 0.282. The smallest absolute Gasteiger partial charge is 0.418 e. The molecule has 0 saturated carbocycles. The van der Waals surface area contributed by atoms with Gasteiger partial charge >= 0.3 is 6.18 Å². The molecule has 1 N–H and O–H groups in total. The van der Waals surface area contributed by atoms with Gasteiger partial charge in [0.15, 0.2) is 0 Å². The van der Waals surface area contributed by atoms with Gasteiger partial charge < -0.3 is 9.73 Å². The Labute approximate surface area is 119 Å². The Kier molecular flexibility index (Phi) is 4.16. The molecule has 0 spiro atoms. The molecule has 2 aromatic rings. The largest absolute Gasteiger partial charge is 0.462 e. The molecule has 110 valence electrons. The van der Waals surface area contributed by atoms with E-state index in [0.717, 1.165) is 12.1 Å². The zero-order chi connectivity index (χ0) is 15.5. The van der Waals surface area contributed by atoms with Crippen LogP contribution >= 0.6 is 0 Å². The van der Waals surface area contributed by atoms with Crippen molar-refractivity contribution in [2.24, 2.45) is 0 Å². The van der Waals surface area contributed by atoms with Crippen LogP contribution in [0.3, 0.4) is 0 Å². The van der Waals surface area contributed by atoms with E-state index in [1.807, 2.05) is 0 Å². The summed E-state index contributed by atoms with van der Waals surface area (Å²) < 4.78 is 43.5. The van der Waals surface area contributed by atoms with Gasteiger partial charge in [-0.2, -0.15) is 13.2 Å². The molecular weight excluding hydrogens is 283 g/mol. The number of carbonyl (C=O) groups excluding carboxylic acids is 1. The maximum atomic E-state index is 12.8. The van der Waals surface area contributed by atoms with Crippen LogP contribution in [0.2, 0.25) is 0 Å². The Balaban J connectivity index is 2.12. The van der Waals surface area contributed by atoms with Gasteiger partial charge in [-0.05, 0) is 37.3 Å². The highest BCUT2D eigenvalue weighted by atomic mass is 19.4. The summed E-state index contributed by atoms with van der Waals surface area (Å²) in [5.41, 5.74) is -1.17. The number of para-hydroxylation sites is 1. The van der Waals surface area contributed by atoms with Gasteiger partial charge in [-0.15, -0.1) is 0 Å². The third kappa shape index (κ3) is 3.98. The molecule has 1 aromatic heterocycles. The van der Waals surface area contributed by atoms with Crippen molar-refractivity contribution in [3.05, 3.63) is 59.6 Å². The van der Waals surface area contributed by atoms with Gasteiger partial charge in [0, 0.05) is 6.08 Å². The predicted molar refractivity (Wildman–Crippen MR) is 72.6 cm³/mol. The van der Waals surface area contributed by atoms with Crippen LogP contribution in [0.25, 0.3) is 6.08 Å². The molecule has 0 atom stereocenters. The minimum Gasteiger partial charge on any atom is -0.462 e. The monoisotopic (exact) mass is 295 g/mol. The Bertz CT molecular complexity index is 672. The average molecular weight is 295 g/mol. The fourth-order valence-corrected chi connectivity index (χ4v) is 1.71. The van der Waals surface area contributed by atoms with E-state index >= 15 is 0 Å². The first-order chi connectivity index (χ1) is 9.86. The molecule has 1 amide bonds. The van der Waals surface area contributed by atoms with Crippen LogP contribution in [0.5, 0.6) is 0 Å². The van der Waals surface area contributed by atoms with Crippen LogP contribution in [0, 0.1) is 6.92 Å². The lowest BCUT2D eigenvalue weighted by atomic mass is 10.1. The van der Waals surface area contributed by atoms with Crippen LogP contribution in [-0.2, 0) is 11.0 Å². The zero-order valence-corrected chi connectivity index (χ0v) is 11.1. The van der Waals surface area contributed by atoms with E-state index in [9.17, 15) is 18.0 Å². The molecular formula is C15H12F3NO2. The van der Waals surface area contributed by atoms with Gasteiger partial charge in [0.1, 0.15) is 11.5 Å². The number of anilines is 1. The van der Waals surface area contributed by atoms with Crippen molar-refractivity contribution in [2.75, 3.05) is 5.32 Å². The highest BCUT2D eigenvalue weighted by molar-refractivity contribution is 6.02. The standard InChI is InChI=1S/C15H12F3NO2/c1-10-6-7-11(21-10)8-9-14(20)19-13-5-3-2-4-12(13)15(16,17)18/h2-9H,1H3,(H,19,20). The number of nitrogens with one attached hydrogen (secondary N) is 1. The second-order valence-corrected chi connectivity index (χ2v) is 4.31. The Hall–Kier alpha value is -2.50. The van der Waals surface area contributed by atoms with Crippen molar-refractivity contribution in [1.29, 1.82) is 0 Å². The van der Waals surface area contributed by atoms with Crippen LogP contribution in [0.4, 0.5) is 18.9 Å². The Morgan fingerprint density at radius 3 is 2.52 bits per heavy atom. The summed E-state index contributed by atoms with van der Waals surface area (Å²) in [6.07, 6.45) is -2.02. The van der Waals surface area contributed by atoms with Gasteiger partial charge in [0.25, 0.3) is 0 Å². The first-order valence-corrected chi connectivity index (χ1v) is 6.08. The molecule has 21 heavy (non-hydrogen) atoms. The van der Waals surface area contributed by atoms with Gasteiger partial charge in [-0.25, -0.2) is 0 Å². The Morgan fingerprint density at radius 1 is 1.19 bits per heavy atom. The SMILES string of the molecule is Cc1ccc(C=CC(=O)Nc2ccccc2C(F)(F)F)o1. The summed E-state index contributed by atoms with van der Waals surface area (Å²) in [6.45, 7) is 1.75. The van der Waals surface area contributed by atoms with Crippen molar-refractivity contribution in [3.8, 4) is 0 Å². The maximum absolute atomic E-state index is 12.8. The van der Waals surface area contributed by atoms with Gasteiger partial charge in [-0.1, -0.05) is 12.1 Å². The molecule has 3 nitrogen and oxygen atoms in total. The molecule has 1 heterocycles. The van der Waals surface area contributed by atoms with E-state index in [0.29, 0.717) is 11.5 Å². The molecule has 0 radical (unpaired) electrons. The van der Waals surface area contributed by atoms with E-state index < -0.39 is 17.6 Å². The number of alkyl halides is 3. The first kappa shape index (κ1) is 14.9. The molecule has 0 aliphatic heterocycles. The average Bonchev–Trinajstić information content (AvgIpc) is 2.82. The lowest BCUT2D eigenvalue weighted by Crippen LogP contribution is -2.14. The van der Waals surface area contributed by atoms with Crippen molar-refractivity contribution in [3.63, 3.8) is 0 Å². The minimum atomic E-state index is -4.52. The number of furan rings is 1. The summed E-state index contributed by atoms with van der Waals surface area (Å²) in [5, 5.41) is 2.21. The fraction of sp³-hybridized carbons (Fsp3) is 0.133. The van der Waals surface area contributed by atoms with Gasteiger partial charge in [0.2, 0.25) is 5.91 Å². The maximum Gasteiger partial charge on any atom is 0.418 e. The van der Waals surface area contributed by atoms with E-state index in [4.69, 9.17) is 4.42 Å². The normalized spacial score (nSPS) is 11.8. The second kappa shape index (κ2) is 5.87. The van der Waals surface area contributed by atoms with Crippen molar-refractivity contribution in [1.82, 2.24) is 0 Å². The zero-order valence-electron chi connectivity index (χ0n) is 11.1. The van der Waals surface area contributed by atoms with Crippen molar-refractivity contribution < 1.29 is 22.4 Å². The highest BCUT2D eigenvalue weighted by Crippen LogP contribution is 2.34. The number of hydrogen-bond acceptors (Lipinski definition) is 2. The van der Waals surface area contributed by atoms with Crippen LogP contribution in [-0.4, -0.2) is 5.91 Å². The molecule has 0 aliphatic rings. The summed E-state index contributed by atoms with van der Waals surface area (Å²) >= 11 is 0.